The van der Waals surface area contributed by atoms with Crippen molar-refractivity contribution in [1.82, 2.24) is 9.80 Å². The first kappa shape index (κ1) is 27.4. The van der Waals surface area contributed by atoms with Gasteiger partial charge in [-0.05, 0) is 52.4 Å². The fraction of sp³-hybridized carbons (Fsp3) is 0.741. The lowest BCUT2D eigenvalue weighted by molar-refractivity contribution is -0.159. The maximum absolute atomic E-state index is 14.2. The van der Waals surface area contributed by atoms with Gasteiger partial charge in [-0.1, -0.05) is 32.1 Å². The first-order valence-electron chi connectivity index (χ1n) is 13.0. The van der Waals surface area contributed by atoms with Crippen LogP contribution in [0.5, 0.6) is 0 Å². The molecule has 3 saturated heterocycles. The molecule has 8 heteroatoms. The van der Waals surface area contributed by atoms with E-state index in [0.29, 0.717) is 38.8 Å². The molecule has 0 saturated carbocycles. The molecule has 3 unspecified atom stereocenters. The third-order valence-corrected chi connectivity index (χ3v) is 8.01. The fourth-order valence-electron chi connectivity index (χ4n) is 6.46. The van der Waals surface area contributed by atoms with Crippen LogP contribution in [0, 0.1) is 11.8 Å². The average Bonchev–Trinajstić information content (AvgIpc) is 3.39. The van der Waals surface area contributed by atoms with E-state index in [1.54, 1.807) is 15.9 Å². The van der Waals surface area contributed by atoms with Gasteiger partial charge < -0.3 is 24.4 Å². The number of carbonyl (C=O) groups excluding carboxylic acids is 3. The highest BCUT2D eigenvalue weighted by atomic mass is 16.6. The normalized spacial score (nSPS) is 31.8. The van der Waals surface area contributed by atoms with E-state index in [1.807, 2.05) is 13.8 Å². The zero-order chi connectivity index (χ0) is 25.8. The largest absolute Gasteiger partial charge is 0.461 e. The smallest absolute Gasteiger partial charge is 0.313 e. The molecule has 0 aromatic carbocycles. The summed E-state index contributed by atoms with van der Waals surface area (Å²) >= 11 is 0. The van der Waals surface area contributed by atoms with E-state index in [2.05, 4.69) is 20.1 Å². The van der Waals surface area contributed by atoms with E-state index in [1.165, 1.54) is 6.08 Å². The maximum Gasteiger partial charge on any atom is 0.313 e. The lowest BCUT2D eigenvalue weighted by atomic mass is 9.66. The SMILES string of the molecule is C=CCOC(=O)[C@H]1[C@H]2C(=O)N(CCCCCO)C(C(=O)N(CC=C)C(C)CCC)C23CC[C@]1(C)O3. The highest BCUT2D eigenvalue weighted by Crippen LogP contribution is 2.63. The number of hydrogen-bond donors (Lipinski definition) is 1. The zero-order valence-electron chi connectivity index (χ0n) is 21.5. The highest BCUT2D eigenvalue weighted by Gasteiger charge is 2.78. The van der Waals surface area contributed by atoms with Crippen LogP contribution in [-0.2, 0) is 23.9 Å². The van der Waals surface area contributed by atoms with Gasteiger partial charge in [0.15, 0.2) is 0 Å². The van der Waals surface area contributed by atoms with E-state index < -0.39 is 35.0 Å². The van der Waals surface area contributed by atoms with Crippen molar-refractivity contribution >= 4 is 17.8 Å². The van der Waals surface area contributed by atoms with E-state index >= 15 is 0 Å². The molecule has 35 heavy (non-hydrogen) atoms. The Kier molecular flexibility index (Phi) is 8.81. The van der Waals surface area contributed by atoms with Gasteiger partial charge in [-0.3, -0.25) is 14.4 Å². The summed E-state index contributed by atoms with van der Waals surface area (Å²) in [6.45, 7) is 14.3. The van der Waals surface area contributed by atoms with Crippen LogP contribution >= 0.6 is 0 Å². The van der Waals surface area contributed by atoms with Crippen LogP contribution in [0.4, 0.5) is 0 Å². The summed E-state index contributed by atoms with van der Waals surface area (Å²) in [6, 6.07) is -0.817. The minimum atomic E-state index is -1.05. The Morgan fingerprint density at radius 2 is 2.03 bits per heavy atom. The van der Waals surface area contributed by atoms with Gasteiger partial charge in [-0.25, -0.2) is 0 Å². The van der Waals surface area contributed by atoms with E-state index in [0.717, 1.165) is 19.3 Å². The summed E-state index contributed by atoms with van der Waals surface area (Å²) in [6.07, 6.45) is 8.14. The van der Waals surface area contributed by atoms with Crippen molar-refractivity contribution in [2.45, 2.75) is 89.0 Å². The van der Waals surface area contributed by atoms with E-state index in [-0.39, 0.29) is 31.1 Å². The first-order chi connectivity index (χ1) is 16.7. The van der Waals surface area contributed by atoms with E-state index in [4.69, 9.17) is 9.47 Å². The van der Waals surface area contributed by atoms with Crippen LogP contribution in [0.15, 0.2) is 25.3 Å². The maximum atomic E-state index is 14.2. The Hall–Kier alpha value is -2.19. The van der Waals surface area contributed by atoms with Crippen LogP contribution in [0.1, 0.15) is 65.7 Å². The Morgan fingerprint density at radius 3 is 2.66 bits per heavy atom. The number of fused-ring (bicyclic) bond motifs is 1. The van der Waals surface area contributed by atoms with Gasteiger partial charge >= 0.3 is 5.97 Å². The molecule has 6 atom stereocenters. The minimum Gasteiger partial charge on any atom is -0.461 e. The van der Waals surface area contributed by atoms with Crippen molar-refractivity contribution in [2.75, 3.05) is 26.3 Å². The molecule has 0 aromatic rings. The number of aliphatic hydroxyl groups excluding tert-OH is 1. The average molecular weight is 491 g/mol. The lowest BCUT2D eigenvalue weighted by Crippen LogP contribution is -2.58. The molecule has 3 rings (SSSR count). The van der Waals surface area contributed by atoms with Crippen molar-refractivity contribution in [3.63, 3.8) is 0 Å². The Balaban J connectivity index is 2.01. The Morgan fingerprint density at radius 1 is 1.29 bits per heavy atom. The summed E-state index contributed by atoms with van der Waals surface area (Å²) in [4.78, 5) is 44.7. The number of aliphatic hydroxyl groups is 1. The van der Waals surface area contributed by atoms with Crippen LogP contribution < -0.4 is 0 Å². The Bertz CT molecular complexity index is 830. The van der Waals surface area contributed by atoms with Crippen molar-refractivity contribution < 1.29 is 29.0 Å². The van der Waals surface area contributed by atoms with Gasteiger partial charge in [-0.2, -0.15) is 0 Å². The molecule has 3 aliphatic rings. The van der Waals surface area contributed by atoms with Gasteiger partial charge in [0.1, 0.15) is 24.2 Å². The van der Waals surface area contributed by atoms with Gasteiger partial charge in [0.25, 0.3) is 0 Å². The van der Waals surface area contributed by atoms with Crippen molar-refractivity contribution in [3.8, 4) is 0 Å². The number of ether oxygens (including phenoxy) is 2. The molecule has 3 aliphatic heterocycles. The number of carbonyl (C=O) groups is 3. The number of likely N-dealkylation sites (tertiary alicyclic amines) is 1. The van der Waals surface area contributed by atoms with Gasteiger partial charge in [-0.15, -0.1) is 6.58 Å². The molecule has 0 aromatic heterocycles. The molecule has 2 amide bonds. The summed E-state index contributed by atoms with van der Waals surface area (Å²) in [5, 5.41) is 9.18. The molecule has 0 radical (unpaired) electrons. The molecular formula is C27H42N2O6. The molecule has 3 heterocycles. The molecule has 1 spiro atoms. The van der Waals surface area contributed by atoms with Gasteiger partial charge in [0, 0.05) is 25.7 Å². The molecule has 2 bridgehead atoms. The third kappa shape index (κ3) is 4.79. The second kappa shape index (κ2) is 11.2. The third-order valence-electron chi connectivity index (χ3n) is 8.01. The number of rotatable bonds is 14. The number of esters is 1. The van der Waals surface area contributed by atoms with Gasteiger partial charge in [0.2, 0.25) is 11.8 Å². The number of unbranched alkanes of at least 4 members (excludes halogenated alkanes) is 2. The summed E-state index contributed by atoms with van der Waals surface area (Å²) in [5.41, 5.74) is -1.90. The Labute approximate surface area is 209 Å². The molecule has 1 N–H and O–H groups in total. The molecule has 8 nitrogen and oxygen atoms in total. The van der Waals surface area contributed by atoms with Crippen LogP contribution in [-0.4, -0.2) is 82.3 Å². The standard InChI is InChI=1S/C27H42N2O6/c1-6-12-19(4)28(15-7-2)24(32)22-27-14-13-26(5,35-27)21(25(33)34-18-8-3)20(27)23(31)29(22)16-10-9-11-17-30/h7-8,19-22,30H,2-3,6,9-18H2,1,4-5H3/t19?,20-,21+,22?,26-,27?/m0/s1. The number of nitrogens with zero attached hydrogens (tertiary/aromatic N) is 2. The summed E-state index contributed by atoms with van der Waals surface area (Å²) in [7, 11) is 0. The molecule has 0 aliphatic carbocycles. The summed E-state index contributed by atoms with van der Waals surface area (Å²) in [5.74, 6) is -2.34. The topological polar surface area (TPSA) is 96.4 Å². The van der Waals surface area contributed by atoms with Gasteiger partial charge in [0.05, 0.1) is 11.5 Å². The monoisotopic (exact) mass is 490 g/mol. The first-order valence-corrected chi connectivity index (χ1v) is 13.0. The molecule has 3 fully saturated rings. The minimum absolute atomic E-state index is 0.0187. The number of hydrogen-bond acceptors (Lipinski definition) is 6. The molecular weight excluding hydrogens is 448 g/mol. The fourth-order valence-corrected chi connectivity index (χ4v) is 6.46. The van der Waals surface area contributed by atoms with Crippen molar-refractivity contribution in [3.05, 3.63) is 25.3 Å². The van der Waals surface area contributed by atoms with E-state index in [9.17, 15) is 19.5 Å². The van der Waals surface area contributed by atoms with Crippen LogP contribution in [0.25, 0.3) is 0 Å². The number of amides is 2. The molecule has 196 valence electrons. The quantitative estimate of drug-likeness (QED) is 0.229. The van der Waals surface area contributed by atoms with Crippen molar-refractivity contribution in [2.24, 2.45) is 11.8 Å². The lowest BCUT2D eigenvalue weighted by Gasteiger charge is -2.39. The predicted octanol–water partition coefficient (Wildman–Crippen LogP) is 2.85. The van der Waals surface area contributed by atoms with Crippen LogP contribution in [0.2, 0.25) is 0 Å². The summed E-state index contributed by atoms with van der Waals surface area (Å²) < 4.78 is 12.0. The highest BCUT2D eigenvalue weighted by molar-refractivity contribution is 5.98. The second-order valence-electron chi connectivity index (χ2n) is 10.4. The predicted molar refractivity (Wildman–Crippen MR) is 132 cm³/mol. The second-order valence-corrected chi connectivity index (χ2v) is 10.4. The van der Waals surface area contributed by atoms with Crippen molar-refractivity contribution in [1.29, 1.82) is 0 Å². The van der Waals surface area contributed by atoms with Crippen LogP contribution in [0.3, 0.4) is 0 Å². The zero-order valence-corrected chi connectivity index (χ0v) is 21.5.